The molecule has 5 nitrogen and oxygen atoms in total. The van der Waals surface area contributed by atoms with Crippen LogP contribution in [-0.2, 0) is 11.2 Å². The van der Waals surface area contributed by atoms with E-state index in [9.17, 15) is 4.79 Å². The van der Waals surface area contributed by atoms with Gasteiger partial charge in [0.1, 0.15) is 4.34 Å². The molecule has 1 N–H and O–H groups in total. The number of hydrogen-bond donors (Lipinski definition) is 1. The van der Waals surface area contributed by atoms with Crippen molar-refractivity contribution < 1.29 is 9.21 Å². The molecule has 4 rings (SSSR count). The zero-order valence-electron chi connectivity index (χ0n) is 14.6. The number of rotatable bonds is 6. The van der Waals surface area contributed by atoms with E-state index in [1.807, 2.05) is 17.5 Å². The molecule has 0 fully saturated rings. The van der Waals surface area contributed by atoms with Gasteiger partial charge in [0.05, 0.1) is 16.2 Å². The van der Waals surface area contributed by atoms with E-state index in [-0.39, 0.29) is 12.3 Å². The predicted molar refractivity (Wildman–Crippen MR) is 119 cm³/mol. The van der Waals surface area contributed by atoms with Crippen molar-refractivity contribution in [2.45, 2.75) is 12.8 Å². The fraction of sp³-hybridized carbons (Fsp3) is 0.105. The van der Waals surface area contributed by atoms with E-state index in [2.05, 4.69) is 15.3 Å². The molecule has 1 aromatic carbocycles. The number of thiophene rings is 1. The molecule has 0 aliphatic carbocycles. The van der Waals surface area contributed by atoms with Crippen molar-refractivity contribution in [3.05, 3.63) is 61.5 Å². The molecule has 0 saturated heterocycles. The lowest BCUT2D eigenvalue weighted by Gasteiger charge is -2.00. The Morgan fingerprint density at radius 3 is 2.69 bits per heavy atom. The van der Waals surface area contributed by atoms with Gasteiger partial charge in [0.15, 0.2) is 16.8 Å². The van der Waals surface area contributed by atoms with Gasteiger partial charge in [-0.25, -0.2) is 9.97 Å². The van der Waals surface area contributed by atoms with Crippen LogP contribution in [0.1, 0.15) is 12.3 Å². The zero-order valence-corrected chi connectivity index (χ0v) is 18.5. The van der Waals surface area contributed by atoms with Crippen LogP contribution in [0.15, 0.2) is 46.3 Å². The molecule has 0 bridgehead atoms. The van der Waals surface area contributed by atoms with Gasteiger partial charge in [0.2, 0.25) is 5.91 Å². The highest BCUT2D eigenvalue weighted by Crippen LogP contribution is 2.39. The van der Waals surface area contributed by atoms with Crippen LogP contribution in [0.3, 0.4) is 0 Å². The number of benzene rings is 1. The summed E-state index contributed by atoms with van der Waals surface area (Å²) in [6.07, 6.45) is 2.24. The smallest absolute Gasteiger partial charge is 0.226 e. The molecule has 0 spiro atoms. The van der Waals surface area contributed by atoms with E-state index < -0.39 is 0 Å². The third-order valence-corrected chi connectivity index (χ3v) is 6.43. The minimum atomic E-state index is -0.174. The van der Waals surface area contributed by atoms with Crippen LogP contribution >= 0.6 is 57.5 Å². The van der Waals surface area contributed by atoms with Crippen LogP contribution in [0.25, 0.3) is 22.6 Å². The summed E-state index contributed by atoms with van der Waals surface area (Å²) in [6, 6.07) is 9.03. The molecule has 0 atom stereocenters. The number of hydrogen-bond acceptors (Lipinski definition) is 6. The lowest BCUT2D eigenvalue weighted by molar-refractivity contribution is -0.116. The third-order valence-electron chi connectivity index (χ3n) is 3.93. The molecule has 148 valence electrons. The fourth-order valence-electron chi connectivity index (χ4n) is 2.55. The second-order valence-electron chi connectivity index (χ2n) is 5.95. The highest BCUT2D eigenvalue weighted by atomic mass is 35.5. The number of oxazole rings is 1. The number of amides is 1. The topological polar surface area (TPSA) is 68.0 Å². The Bertz CT molecular complexity index is 1150. The lowest BCUT2D eigenvalue weighted by Crippen LogP contribution is -2.12. The number of aromatic nitrogens is 2. The second-order valence-corrected chi connectivity index (χ2v) is 9.53. The normalized spacial score (nSPS) is 11.0. The highest BCUT2D eigenvalue weighted by molar-refractivity contribution is 7.20. The molecule has 0 radical (unpaired) electrons. The van der Waals surface area contributed by atoms with Crippen LogP contribution in [-0.4, -0.2) is 15.9 Å². The van der Waals surface area contributed by atoms with Crippen molar-refractivity contribution in [2.24, 2.45) is 0 Å². The van der Waals surface area contributed by atoms with E-state index in [4.69, 9.17) is 39.2 Å². The van der Waals surface area contributed by atoms with E-state index >= 15 is 0 Å². The Hall–Kier alpha value is -1.90. The number of nitrogens with one attached hydrogen (secondary N) is 1. The van der Waals surface area contributed by atoms with E-state index in [1.54, 1.807) is 24.4 Å². The first-order valence-corrected chi connectivity index (χ1v) is 11.2. The minimum Gasteiger partial charge on any atom is -0.441 e. The summed E-state index contributed by atoms with van der Waals surface area (Å²) < 4.78 is 6.87. The Labute approximate surface area is 189 Å². The average Bonchev–Trinajstić information content (AvgIpc) is 3.41. The number of thiazole rings is 1. The molecule has 1 amide bonds. The Morgan fingerprint density at radius 2 is 1.97 bits per heavy atom. The number of carbonyl (C=O) groups excluding carboxylic acids is 1. The number of anilines is 1. The molecule has 0 aliphatic heterocycles. The Morgan fingerprint density at radius 1 is 1.17 bits per heavy atom. The Kier molecular flexibility index (Phi) is 6.22. The first kappa shape index (κ1) is 20.4. The summed E-state index contributed by atoms with van der Waals surface area (Å²) in [6.45, 7) is 0. The molecule has 3 heterocycles. The van der Waals surface area contributed by atoms with Gasteiger partial charge >= 0.3 is 0 Å². The molecule has 0 aliphatic rings. The van der Waals surface area contributed by atoms with Crippen molar-refractivity contribution in [3.63, 3.8) is 0 Å². The Balaban J connectivity index is 1.34. The quantitative estimate of drug-likeness (QED) is 0.318. The summed E-state index contributed by atoms with van der Waals surface area (Å²) >= 11 is 20.6. The minimum absolute atomic E-state index is 0.174. The zero-order chi connectivity index (χ0) is 20.4. The SMILES string of the molecule is O=C(CCc1ncc(-c2ccc(Cl)cc2)o1)Nc1nc(-c2cc(Cl)sc2Cl)cs1. The van der Waals surface area contributed by atoms with Crippen molar-refractivity contribution in [1.29, 1.82) is 0 Å². The maximum Gasteiger partial charge on any atom is 0.226 e. The van der Waals surface area contributed by atoms with Gasteiger partial charge in [0.25, 0.3) is 0 Å². The summed E-state index contributed by atoms with van der Waals surface area (Å²) in [5.41, 5.74) is 2.31. The maximum absolute atomic E-state index is 12.2. The van der Waals surface area contributed by atoms with E-state index in [0.717, 1.165) is 11.1 Å². The van der Waals surface area contributed by atoms with Gasteiger partial charge < -0.3 is 9.73 Å². The molecule has 10 heteroatoms. The van der Waals surface area contributed by atoms with Gasteiger partial charge in [0, 0.05) is 34.4 Å². The summed E-state index contributed by atoms with van der Waals surface area (Å²) in [5.74, 6) is 0.948. The first-order valence-electron chi connectivity index (χ1n) is 8.39. The molecule has 0 saturated carbocycles. The van der Waals surface area contributed by atoms with Crippen LogP contribution in [0.4, 0.5) is 5.13 Å². The first-order chi connectivity index (χ1) is 14.0. The standard InChI is InChI=1S/C19H12Cl3N3O2S2/c20-11-3-1-10(2-4-11)14-8-23-17(27-14)6-5-16(26)25-19-24-13(9-28-19)12-7-15(21)29-18(12)22/h1-4,7-9H,5-6H2,(H,24,25,26). The molecular formula is C19H12Cl3N3O2S2. The van der Waals surface area contributed by atoms with Gasteiger partial charge in [-0.2, -0.15) is 0 Å². The van der Waals surface area contributed by atoms with Crippen molar-refractivity contribution >= 4 is 68.5 Å². The van der Waals surface area contributed by atoms with Crippen LogP contribution < -0.4 is 5.32 Å². The van der Waals surface area contributed by atoms with E-state index in [0.29, 0.717) is 42.6 Å². The average molecular weight is 485 g/mol. The second kappa shape index (κ2) is 8.85. The van der Waals surface area contributed by atoms with Crippen molar-refractivity contribution in [2.75, 3.05) is 5.32 Å². The fourth-order valence-corrected chi connectivity index (χ4v) is 4.88. The van der Waals surface area contributed by atoms with E-state index in [1.165, 1.54) is 22.7 Å². The highest BCUT2D eigenvalue weighted by Gasteiger charge is 2.14. The van der Waals surface area contributed by atoms with Gasteiger partial charge in [-0.3, -0.25) is 4.79 Å². The molecule has 4 aromatic rings. The van der Waals surface area contributed by atoms with Crippen LogP contribution in [0, 0.1) is 0 Å². The lowest BCUT2D eigenvalue weighted by atomic mass is 10.2. The summed E-state index contributed by atoms with van der Waals surface area (Å²) in [4.78, 5) is 20.9. The third kappa shape index (κ3) is 4.99. The molecular weight excluding hydrogens is 473 g/mol. The monoisotopic (exact) mass is 483 g/mol. The number of aryl methyl sites for hydroxylation is 1. The summed E-state index contributed by atoms with van der Waals surface area (Å²) in [5, 5.41) is 5.76. The largest absolute Gasteiger partial charge is 0.441 e. The maximum atomic E-state index is 12.2. The summed E-state index contributed by atoms with van der Waals surface area (Å²) in [7, 11) is 0. The van der Waals surface area contributed by atoms with Crippen LogP contribution in [0.2, 0.25) is 13.7 Å². The number of halogens is 3. The number of carbonyl (C=O) groups is 1. The molecule has 3 aromatic heterocycles. The van der Waals surface area contributed by atoms with Gasteiger partial charge in [-0.1, -0.05) is 34.8 Å². The van der Waals surface area contributed by atoms with Crippen molar-refractivity contribution in [1.82, 2.24) is 9.97 Å². The molecule has 0 unspecified atom stereocenters. The van der Waals surface area contributed by atoms with Gasteiger partial charge in [-0.05, 0) is 30.3 Å². The van der Waals surface area contributed by atoms with Crippen LogP contribution in [0.5, 0.6) is 0 Å². The van der Waals surface area contributed by atoms with Gasteiger partial charge in [-0.15, -0.1) is 22.7 Å². The van der Waals surface area contributed by atoms with Crippen molar-refractivity contribution in [3.8, 4) is 22.6 Å². The molecule has 29 heavy (non-hydrogen) atoms. The predicted octanol–water partition coefficient (Wildman–Crippen LogP) is 7.06. The number of nitrogens with zero attached hydrogens (tertiary/aromatic N) is 2.